The minimum absolute atomic E-state index is 0.168. The van der Waals surface area contributed by atoms with Gasteiger partial charge in [-0.05, 0) is 55.0 Å². The number of rotatable bonds is 5. The van der Waals surface area contributed by atoms with Gasteiger partial charge in [0.2, 0.25) is 18.6 Å². The van der Waals surface area contributed by atoms with Gasteiger partial charge in [-0.1, -0.05) is 6.07 Å². The Kier molecular flexibility index (Phi) is 5.74. The molecule has 2 amide bonds. The fraction of sp³-hybridized carbons (Fsp3) is 0.240. The molecule has 0 aliphatic carbocycles. The molecule has 3 aliphatic heterocycles. The highest BCUT2D eigenvalue weighted by molar-refractivity contribution is 6.01. The zero-order chi connectivity index (χ0) is 25.5. The van der Waals surface area contributed by atoms with E-state index in [9.17, 15) is 14.0 Å². The number of carbonyl (C=O) groups excluding carboxylic acids is 2. The highest BCUT2D eigenvalue weighted by Gasteiger charge is 2.45. The normalized spacial score (nSPS) is 22.3. The zero-order valence-corrected chi connectivity index (χ0v) is 19.8. The van der Waals surface area contributed by atoms with Crippen molar-refractivity contribution in [3.63, 3.8) is 0 Å². The summed E-state index contributed by atoms with van der Waals surface area (Å²) >= 11 is 0. The van der Waals surface area contributed by atoms with Crippen molar-refractivity contribution in [1.82, 2.24) is 25.8 Å². The summed E-state index contributed by atoms with van der Waals surface area (Å²) in [6, 6.07) is 13.1. The van der Waals surface area contributed by atoms with Gasteiger partial charge in [0.1, 0.15) is 17.8 Å². The van der Waals surface area contributed by atoms with Gasteiger partial charge in [-0.15, -0.1) is 0 Å². The van der Waals surface area contributed by atoms with E-state index in [4.69, 9.17) is 9.47 Å². The van der Waals surface area contributed by atoms with E-state index in [-0.39, 0.29) is 30.3 Å². The number of nitrogens with zero attached hydrogens (tertiary/aromatic N) is 3. The second-order valence-electron chi connectivity index (χ2n) is 8.89. The highest BCUT2D eigenvalue weighted by Crippen LogP contribution is 2.33. The molecule has 1 aromatic heterocycles. The van der Waals surface area contributed by atoms with Crippen molar-refractivity contribution in [2.75, 3.05) is 23.7 Å². The molecule has 0 saturated carbocycles. The average Bonchev–Trinajstić information content (AvgIpc) is 3.61. The molecule has 3 aliphatic rings. The number of hydrogen-bond donors (Lipinski definition) is 4. The maximum Gasteiger partial charge on any atom is 0.249 e. The van der Waals surface area contributed by atoms with E-state index in [2.05, 4.69) is 26.5 Å². The molecule has 0 spiro atoms. The number of benzene rings is 2. The van der Waals surface area contributed by atoms with Crippen LogP contribution in [0.4, 0.5) is 15.9 Å². The van der Waals surface area contributed by atoms with Gasteiger partial charge in [-0.2, -0.15) is 5.10 Å². The van der Waals surface area contributed by atoms with Gasteiger partial charge in [0.25, 0.3) is 0 Å². The molecule has 3 atom stereocenters. The van der Waals surface area contributed by atoms with Crippen LogP contribution in [0.2, 0.25) is 0 Å². The Hall–Kier alpha value is -4.42. The molecule has 12 heteroatoms. The van der Waals surface area contributed by atoms with E-state index in [1.54, 1.807) is 48.3 Å². The summed E-state index contributed by atoms with van der Waals surface area (Å²) in [6.07, 6.45) is 1.94. The fourth-order valence-corrected chi connectivity index (χ4v) is 4.61. The second-order valence-corrected chi connectivity index (χ2v) is 8.89. The lowest BCUT2D eigenvalue weighted by atomic mass is 10.0. The predicted molar refractivity (Wildman–Crippen MR) is 132 cm³/mol. The molecule has 3 unspecified atom stereocenters. The highest BCUT2D eigenvalue weighted by atomic mass is 19.1. The lowest BCUT2D eigenvalue weighted by Crippen LogP contribution is -2.61. The average molecular weight is 506 g/mol. The van der Waals surface area contributed by atoms with Crippen molar-refractivity contribution >= 4 is 29.4 Å². The van der Waals surface area contributed by atoms with Gasteiger partial charge in [0.05, 0.1) is 17.3 Å². The first kappa shape index (κ1) is 23.0. The van der Waals surface area contributed by atoms with Gasteiger partial charge < -0.3 is 20.1 Å². The van der Waals surface area contributed by atoms with Gasteiger partial charge in [0, 0.05) is 18.7 Å². The SMILES string of the molecule is Cc1cc(NC(=O)/C=C/c2ccc3c(c2)OCO3)n(C2NC(=O)C3CNN(c4ccc(F)cc4)C3N2)n1. The Bertz CT molecular complexity index is 1390. The summed E-state index contributed by atoms with van der Waals surface area (Å²) < 4.78 is 25.6. The monoisotopic (exact) mass is 505 g/mol. The lowest BCUT2D eigenvalue weighted by Gasteiger charge is -2.37. The van der Waals surface area contributed by atoms with E-state index in [1.165, 1.54) is 22.9 Å². The Morgan fingerprint density at radius 3 is 2.81 bits per heavy atom. The summed E-state index contributed by atoms with van der Waals surface area (Å²) in [4.78, 5) is 25.7. The predicted octanol–water partition coefficient (Wildman–Crippen LogP) is 1.85. The Morgan fingerprint density at radius 1 is 1.16 bits per heavy atom. The van der Waals surface area contributed by atoms with Gasteiger partial charge in [0.15, 0.2) is 17.8 Å². The maximum atomic E-state index is 13.4. The van der Waals surface area contributed by atoms with E-state index in [0.29, 0.717) is 35.2 Å². The zero-order valence-electron chi connectivity index (χ0n) is 19.8. The molecule has 2 aromatic carbocycles. The molecular weight excluding hydrogens is 481 g/mol. The van der Waals surface area contributed by atoms with Gasteiger partial charge >= 0.3 is 0 Å². The molecule has 37 heavy (non-hydrogen) atoms. The van der Waals surface area contributed by atoms with Gasteiger partial charge in [-0.25, -0.2) is 14.5 Å². The van der Waals surface area contributed by atoms with Crippen LogP contribution >= 0.6 is 0 Å². The Morgan fingerprint density at radius 2 is 1.97 bits per heavy atom. The van der Waals surface area contributed by atoms with Crippen molar-refractivity contribution in [2.24, 2.45) is 5.92 Å². The smallest absolute Gasteiger partial charge is 0.249 e. The molecule has 0 radical (unpaired) electrons. The van der Waals surface area contributed by atoms with Crippen LogP contribution in [0.1, 0.15) is 17.5 Å². The summed E-state index contributed by atoms with van der Waals surface area (Å²) in [5.74, 6) is 0.458. The summed E-state index contributed by atoms with van der Waals surface area (Å²) in [5, 5.41) is 15.4. The Labute approximate surface area is 211 Å². The van der Waals surface area contributed by atoms with Crippen molar-refractivity contribution in [2.45, 2.75) is 19.4 Å². The number of nitrogens with one attached hydrogen (secondary N) is 4. The summed E-state index contributed by atoms with van der Waals surface area (Å²) in [6.45, 7) is 2.39. The van der Waals surface area contributed by atoms with Gasteiger partial charge in [-0.3, -0.25) is 19.9 Å². The molecule has 4 heterocycles. The number of anilines is 2. The second kappa shape index (κ2) is 9.22. The number of hydrogen-bond acceptors (Lipinski definition) is 8. The number of fused-ring (bicyclic) bond motifs is 2. The molecule has 190 valence electrons. The van der Waals surface area contributed by atoms with E-state index in [0.717, 1.165) is 5.56 Å². The lowest BCUT2D eigenvalue weighted by molar-refractivity contribution is -0.129. The standard InChI is InChI=1S/C25H24FN7O4/c1-14-10-21(28-22(34)9-3-15-2-8-19-20(11-15)37-13-36-19)33(31-14)25-29-23-18(24(35)30-25)12-27-32(23)17-6-4-16(26)5-7-17/h2-11,18,23,25,27,29H,12-13H2,1H3,(H,28,34)(H,30,35)/b9-3+. The quantitative estimate of drug-likeness (QED) is 0.388. The maximum absolute atomic E-state index is 13.4. The van der Waals surface area contributed by atoms with Crippen LogP contribution in [0.5, 0.6) is 11.5 Å². The number of carbonyl (C=O) groups is 2. The largest absolute Gasteiger partial charge is 0.454 e. The minimum atomic E-state index is -0.724. The third-order valence-corrected chi connectivity index (χ3v) is 6.37. The van der Waals surface area contributed by atoms with Crippen LogP contribution < -0.4 is 35.9 Å². The van der Waals surface area contributed by atoms with Crippen molar-refractivity contribution < 1.29 is 23.5 Å². The first-order chi connectivity index (χ1) is 17.9. The molecule has 2 fully saturated rings. The molecule has 6 rings (SSSR count). The van der Waals surface area contributed by atoms with Crippen LogP contribution in [0, 0.1) is 18.7 Å². The van der Waals surface area contributed by atoms with Crippen LogP contribution in [0.3, 0.4) is 0 Å². The molecule has 2 saturated heterocycles. The fourth-order valence-electron chi connectivity index (χ4n) is 4.61. The van der Waals surface area contributed by atoms with Crippen LogP contribution in [0.15, 0.2) is 54.6 Å². The number of aromatic nitrogens is 2. The number of ether oxygens (including phenoxy) is 2. The molecule has 11 nitrogen and oxygen atoms in total. The Balaban J connectivity index is 1.19. The van der Waals surface area contributed by atoms with E-state index in [1.807, 2.05) is 6.07 Å². The summed E-state index contributed by atoms with van der Waals surface area (Å²) in [5.41, 5.74) is 5.36. The van der Waals surface area contributed by atoms with Crippen LogP contribution in [0.25, 0.3) is 6.08 Å². The van der Waals surface area contributed by atoms with Crippen molar-refractivity contribution in [3.05, 3.63) is 71.7 Å². The molecular formula is C25H24FN7O4. The topological polar surface area (TPSA) is 122 Å². The molecule has 0 bridgehead atoms. The van der Waals surface area contributed by atoms with E-state index >= 15 is 0 Å². The third-order valence-electron chi connectivity index (χ3n) is 6.37. The number of halogens is 1. The van der Waals surface area contributed by atoms with Crippen molar-refractivity contribution in [3.8, 4) is 11.5 Å². The number of hydrazine groups is 1. The molecule has 3 aromatic rings. The van der Waals surface area contributed by atoms with E-state index < -0.39 is 12.5 Å². The summed E-state index contributed by atoms with van der Waals surface area (Å²) in [7, 11) is 0. The minimum Gasteiger partial charge on any atom is -0.454 e. The van der Waals surface area contributed by atoms with Crippen LogP contribution in [-0.2, 0) is 9.59 Å². The first-order valence-corrected chi connectivity index (χ1v) is 11.7. The van der Waals surface area contributed by atoms with Crippen molar-refractivity contribution in [1.29, 1.82) is 0 Å². The molecule has 4 N–H and O–H groups in total. The first-order valence-electron chi connectivity index (χ1n) is 11.7. The third kappa shape index (κ3) is 4.47. The number of aryl methyl sites for hydroxylation is 1. The van der Waals surface area contributed by atoms with Crippen LogP contribution in [-0.4, -0.2) is 41.1 Å². The number of amides is 2.